The molecule has 1 aromatic carbocycles. The predicted molar refractivity (Wildman–Crippen MR) is 123 cm³/mol. The zero-order valence-corrected chi connectivity index (χ0v) is 18.2. The van der Waals surface area contributed by atoms with Gasteiger partial charge in [-0.15, -0.1) is 11.3 Å². The highest BCUT2D eigenvalue weighted by Crippen LogP contribution is 2.38. The van der Waals surface area contributed by atoms with E-state index in [0.717, 1.165) is 21.5 Å². The smallest absolute Gasteiger partial charge is 0.350 e. The molecule has 0 saturated carbocycles. The number of aryl methyl sites for hydroxylation is 1. The molecule has 0 aliphatic rings. The number of carbonyl (C=O) groups excluding carboxylic acids is 2. The van der Waals surface area contributed by atoms with E-state index in [1.54, 1.807) is 18.3 Å². The summed E-state index contributed by atoms with van der Waals surface area (Å²) in [6.07, 6.45) is 3.20. The number of nitrogens with zero attached hydrogens (tertiary/aromatic N) is 2. The number of ether oxygens (including phenoxy) is 1. The van der Waals surface area contributed by atoms with Gasteiger partial charge in [0.05, 0.1) is 30.2 Å². The zero-order chi connectivity index (χ0) is 22.0. The third kappa shape index (κ3) is 4.35. The average Bonchev–Trinajstić information content (AvgIpc) is 3.17. The van der Waals surface area contributed by atoms with Crippen molar-refractivity contribution in [3.63, 3.8) is 0 Å². The fraction of sp³-hybridized carbons (Fsp3) is 0.0909. The van der Waals surface area contributed by atoms with E-state index in [2.05, 4.69) is 20.6 Å². The fourth-order valence-corrected chi connectivity index (χ4v) is 4.39. The number of carbonyl (C=O) groups is 2. The van der Waals surface area contributed by atoms with Crippen LogP contribution in [0.4, 0.5) is 16.2 Å². The molecule has 0 atom stereocenters. The molecule has 0 aliphatic heterocycles. The summed E-state index contributed by atoms with van der Waals surface area (Å²) < 4.78 is 4.87. The van der Waals surface area contributed by atoms with Gasteiger partial charge in [0.15, 0.2) is 0 Å². The molecule has 0 unspecified atom stereocenters. The number of rotatable bonds is 4. The largest absolute Gasteiger partial charge is 0.465 e. The highest BCUT2D eigenvalue weighted by Gasteiger charge is 2.21. The highest BCUT2D eigenvalue weighted by molar-refractivity contribution is 7.18. The van der Waals surface area contributed by atoms with Crippen molar-refractivity contribution in [3.8, 4) is 10.4 Å². The standard InChI is InChI=1S/C22H17ClN4O3S/c1-12-7-8-13-10-24-11-17(19(13)25-12)27-22(29)26-16-9-18(31-20(16)21(28)30-2)14-5-3-4-6-15(14)23/h3-11H,1-2H3,(H2,26,27,29). The Morgan fingerprint density at radius 1 is 1.06 bits per heavy atom. The molecule has 3 heterocycles. The van der Waals surface area contributed by atoms with Gasteiger partial charge in [0, 0.05) is 32.7 Å². The van der Waals surface area contributed by atoms with Crippen molar-refractivity contribution in [1.82, 2.24) is 9.97 Å². The Labute approximate surface area is 187 Å². The number of fused-ring (bicyclic) bond motifs is 1. The van der Waals surface area contributed by atoms with Gasteiger partial charge in [-0.25, -0.2) is 9.59 Å². The Kier molecular flexibility index (Phi) is 5.83. The van der Waals surface area contributed by atoms with Crippen LogP contribution in [-0.2, 0) is 4.74 Å². The van der Waals surface area contributed by atoms with Crippen LogP contribution in [0.5, 0.6) is 0 Å². The fourth-order valence-electron chi connectivity index (χ4n) is 3.03. The number of amides is 2. The van der Waals surface area contributed by atoms with Gasteiger partial charge in [-0.05, 0) is 31.2 Å². The number of hydrogen-bond donors (Lipinski definition) is 2. The third-order valence-electron chi connectivity index (χ3n) is 4.48. The molecule has 156 valence electrons. The molecule has 31 heavy (non-hydrogen) atoms. The molecule has 9 heteroatoms. The number of aromatic nitrogens is 2. The Balaban J connectivity index is 1.64. The maximum atomic E-state index is 12.7. The lowest BCUT2D eigenvalue weighted by atomic mass is 10.2. The van der Waals surface area contributed by atoms with Crippen LogP contribution in [-0.4, -0.2) is 29.1 Å². The first-order valence-corrected chi connectivity index (χ1v) is 10.4. The first-order valence-electron chi connectivity index (χ1n) is 9.22. The second kappa shape index (κ2) is 8.71. The molecule has 0 aliphatic carbocycles. The number of nitrogens with one attached hydrogen (secondary N) is 2. The Bertz CT molecular complexity index is 1310. The number of anilines is 2. The minimum Gasteiger partial charge on any atom is -0.465 e. The van der Waals surface area contributed by atoms with E-state index in [0.29, 0.717) is 21.9 Å². The van der Waals surface area contributed by atoms with Gasteiger partial charge in [-0.2, -0.15) is 0 Å². The maximum absolute atomic E-state index is 12.7. The maximum Gasteiger partial charge on any atom is 0.350 e. The molecule has 0 spiro atoms. The van der Waals surface area contributed by atoms with Gasteiger partial charge in [0.25, 0.3) is 0 Å². The Hall–Kier alpha value is -3.49. The molecule has 2 amide bonds. The number of esters is 1. The molecule has 3 aromatic heterocycles. The number of urea groups is 1. The number of pyridine rings is 2. The van der Waals surface area contributed by atoms with Crippen molar-refractivity contribution in [2.24, 2.45) is 0 Å². The number of benzene rings is 1. The van der Waals surface area contributed by atoms with Crippen molar-refractivity contribution in [3.05, 3.63) is 70.5 Å². The minimum absolute atomic E-state index is 0.262. The molecule has 0 saturated heterocycles. The van der Waals surface area contributed by atoms with Gasteiger partial charge < -0.3 is 15.4 Å². The van der Waals surface area contributed by atoms with Crippen LogP contribution < -0.4 is 10.6 Å². The number of methoxy groups -OCH3 is 1. The van der Waals surface area contributed by atoms with E-state index in [4.69, 9.17) is 16.3 Å². The van der Waals surface area contributed by atoms with E-state index in [-0.39, 0.29) is 4.88 Å². The van der Waals surface area contributed by atoms with Crippen LogP contribution in [0.15, 0.2) is 54.9 Å². The molecule has 7 nitrogen and oxygen atoms in total. The van der Waals surface area contributed by atoms with Crippen LogP contribution in [0.25, 0.3) is 21.3 Å². The molecular formula is C22H17ClN4O3S. The van der Waals surface area contributed by atoms with Crippen molar-refractivity contribution in [2.75, 3.05) is 17.7 Å². The van der Waals surface area contributed by atoms with Crippen molar-refractivity contribution >= 4 is 57.2 Å². The Morgan fingerprint density at radius 3 is 2.61 bits per heavy atom. The lowest BCUT2D eigenvalue weighted by molar-refractivity contribution is 0.0607. The van der Waals surface area contributed by atoms with E-state index in [1.165, 1.54) is 24.6 Å². The molecule has 0 bridgehead atoms. The van der Waals surface area contributed by atoms with E-state index in [9.17, 15) is 9.59 Å². The average molecular weight is 453 g/mol. The third-order valence-corrected chi connectivity index (χ3v) is 5.95. The van der Waals surface area contributed by atoms with Gasteiger partial charge in [0.1, 0.15) is 4.88 Å². The van der Waals surface area contributed by atoms with Crippen LogP contribution in [0, 0.1) is 6.92 Å². The lowest BCUT2D eigenvalue weighted by Gasteiger charge is -2.09. The molecule has 4 aromatic rings. The first kappa shape index (κ1) is 20.8. The summed E-state index contributed by atoms with van der Waals surface area (Å²) in [5.74, 6) is -0.553. The van der Waals surface area contributed by atoms with Crippen molar-refractivity contribution in [1.29, 1.82) is 0 Å². The van der Waals surface area contributed by atoms with Crippen LogP contribution in [0.2, 0.25) is 5.02 Å². The van der Waals surface area contributed by atoms with E-state index >= 15 is 0 Å². The van der Waals surface area contributed by atoms with Gasteiger partial charge in [-0.1, -0.05) is 29.8 Å². The lowest BCUT2D eigenvalue weighted by Crippen LogP contribution is -2.20. The van der Waals surface area contributed by atoms with Crippen LogP contribution in [0.3, 0.4) is 0 Å². The second-order valence-electron chi connectivity index (χ2n) is 6.62. The van der Waals surface area contributed by atoms with Gasteiger partial charge in [-0.3, -0.25) is 9.97 Å². The van der Waals surface area contributed by atoms with Gasteiger partial charge >= 0.3 is 12.0 Å². The number of hydrogen-bond acceptors (Lipinski definition) is 6. The number of thiophene rings is 1. The first-order chi connectivity index (χ1) is 15.0. The van der Waals surface area contributed by atoms with E-state index < -0.39 is 12.0 Å². The summed E-state index contributed by atoms with van der Waals surface area (Å²) in [4.78, 5) is 34.6. The minimum atomic E-state index is -0.553. The Morgan fingerprint density at radius 2 is 1.84 bits per heavy atom. The summed E-state index contributed by atoms with van der Waals surface area (Å²) in [7, 11) is 1.29. The zero-order valence-electron chi connectivity index (χ0n) is 16.6. The quantitative estimate of drug-likeness (QED) is 0.384. The normalized spacial score (nSPS) is 10.7. The predicted octanol–water partition coefficient (Wildman–Crippen LogP) is 5.75. The van der Waals surface area contributed by atoms with Crippen LogP contribution >= 0.6 is 22.9 Å². The second-order valence-corrected chi connectivity index (χ2v) is 8.07. The van der Waals surface area contributed by atoms with Crippen LogP contribution in [0.1, 0.15) is 15.4 Å². The summed E-state index contributed by atoms with van der Waals surface area (Å²) in [5.41, 5.74) is 2.98. The van der Waals surface area contributed by atoms with Gasteiger partial charge in [0.2, 0.25) is 0 Å². The highest BCUT2D eigenvalue weighted by atomic mass is 35.5. The molecule has 0 radical (unpaired) electrons. The molecule has 2 N–H and O–H groups in total. The summed E-state index contributed by atoms with van der Waals surface area (Å²) >= 11 is 7.48. The SMILES string of the molecule is COC(=O)c1sc(-c2ccccc2Cl)cc1NC(=O)Nc1cncc2ccc(C)nc12. The van der Waals surface area contributed by atoms with Crippen molar-refractivity contribution in [2.45, 2.75) is 6.92 Å². The molecule has 0 fully saturated rings. The van der Waals surface area contributed by atoms with Crippen molar-refractivity contribution < 1.29 is 14.3 Å². The summed E-state index contributed by atoms with van der Waals surface area (Å²) in [6.45, 7) is 1.87. The topological polar surface area (TPSA) is 93.2 Å². The molecular weight excluding hydrogens is 436 g/mol. The monoisotopic (exact) mass is 452 g/mol. The van der Waals surface area contributed by atoms with E-state index in [1.807, 2.05) is 37.3 Å². The summed E-state index contributed by atoms with van der Waals surface area (Å²) in [6, 6.07) is 12.2. The summed E-state index contributed by atoms with van der Waals surface area (Å²) in [5, 5.41) is 6.82. The number of halogens is 1. The molecule has 4 rings (SSSR count).